The number of nitrogens with zero attached hydrogens (tertiary/aromatic N) is 4. The summed E-state index contributed by atoms with van der Waals surface area (Å²) >= 11 is 0. The molecule has 4 rings (SSSR count). The minimum absolute atomic E-state index is 0.158. The predicted molar refractivity (Wildman–Crippen MR) is 109 cm³/mol. The van der Waals surface area contributed by atoms with Crippen LogP contribution in [-0.4, -0.2) is 83.0 Å². The number of carboxylic acid groups (broad SMARTS) is 1. The molecule has 0 bridgehead atoms. The van der Waals surface area contributed by atoms with E-state index < -0.39 is 0 Å². The molecule has 1 atom stereocenters. The van der Waals surface area contributed by atoms with Crippen LogP contribution in [0.25, 0.3) is 11.3 Å². The summed E-state index contributed by atoms with van der Waals surface area (Å²) in [6, 6.07) is 10.2. The van der Waals surface area contributed by atoms with Gasteiger partial charge in [0, 0.05) is 44.2 Å². The Morgan fingerprint density at radius 2 is 1.86 bits per heavy atom. The number of amides is 1. The number of aromatic nitrogens is 2. The summed E-state index contributed by atoms with van der Waals surface area (Å²) in [4.78, 5) is 25.5. The first-order chi connectivity index (χ1) is 14.1. The zero-order valence-electron chi connectivity index (χ0n) is 17.0. The first-order valence-corrected chi connectivity index (χ1v) is 9.81. The molecule has 156 valence electrons. The summed E-state index contributed by atoms with van der Waals surface area (Å²) in [6.07, 6.45) is 1.65. The van der Waals surface area contributed by atoms with E-state index in [4.69, 9.17) is 19.7 Å². The topological polar surface area (TPSA) is 87.9 Å². The van der Waals surface area contributed by atoms with Gasteiger partial charge in [0.15, 0.2) is 0 Å². The number of carbonyl (C=O) groups excluding carboxylic acids is 1. The highest BCUT2D eigenvalue weighted by atomic mass is 16.5. The molecule has 0 saturated carbocycles. The molecule has 2 aliphatic rings. The number of hydrogen-bond acceptors (Lipinski definition) is 5. The van der Waals surface area contributed by atoms with Gasteiger partial charge in [0.25, 0.3) is 6.47 Å². The van der Waals surface area contributed by atoms with Gasteiger partial charge >= 0.3 is 0 Å². The van der Waals surface area contributed by atoms with Gasteiger partial charge in [0.2, 0.25) is 5.91 Å². The second kappa shape index (κ2) is 9.67. The van der Waals surface area contributed by atoms with Crippen molar-refractivity contribution in [2.75, 3.05) is 39.9 Å². The van der Waals surface area contributed by atoms with Crippen LogP contribution in [-0.2, 0) is 34.2 Å². The molecular formula is C21H28N4O4. The van der Waals surface area contributed by atoms with Crippen molar-refractivity contribution in [1.29, 1.82) is 0 Å². The number of benzene rings is 1. The van der Waals surface area contributed by atoms with Gasteiger partial charge in [-0.15, -0.1) is 0 Å². The van der Waals surface area contributed by atoms with Gasteiger partial charge in [-0.2, -0.15) is 5.10 Å². The molecule has 0 spiro atoms. The number of carbonyl (C=O) groups is 2. The first kappa shape index (κ1) is 21.0. The molecule has 3 heterocycles. The average molecular weight is 400 g/mol. The van der Waals surface area contributed by atoms with E-state index in [1.807, 2.05) is 29.7 Å². The number of hydrogen-bond donors (Lipinski definition) is 1. The van der Waals surface area contributed by atoms with Crippen molar-refractivity contribution in [3.05, 3.63) is 41.6 Å². The van der Waals surface area contributed by atoms with E-state index in [0.29, 0.717) is 13.2 Å². The fourth-order valence-electron chi connectivity index (χ4n) is 4.02. The van der Waals surface area contributed by atoms with E-state index in [9.17, 15) is 4.79 Å². The Balaban J connectivity index is 0.000000755. The number of morpholine rings is 1. The molecule has 1 fully saturated rings. The van der Waals surface area contributed by atoms with Crippen molar-refractivity contribution in [1.82, 2.24) is 19.6 Å². The fraction of sp³-hybridized carbons (Fsp3) is 0.476. The van der Waals surface area contributed by atoms with Gasteiger partial charge in [-0.05, 0) is 13.5 Å². The Bertz CT molecular complexity index is 837. The summed E-state index contributed by atoms with van der Waals surface area (Å²) in [6.45, 7) is 3.22. The summed E-state index contributed by atoms with van der Waals surface area (Å²) in [5.74, 6) is 0.183. The Morgan fingerprint density at radius 1 is 1.17 bits per heavy atom. The van der Waals surface area contributed by atoms with Gasteiger partial charge in [0.1, 0.15) is 6.04 Å². The van der Waals surface area contributed by atoms with Crippen LogP contribution < -0.4 is 0 Å². The van der Waals surface area contributed by atoms with Crippen LogP contribution in [0.3, 0.4) is 0 Å². The normalized spacial score (nSPS) is 19.5. The molecule has 29 heavy (non-hydrogen) atoms. The van der Waals surface area contributed by atoms with Crippen LogP contribution in [0.4, 0.5) is 0 Å². The molecule has 1 saturated heterocycles. The molecule has 0 unspecified atom stereocenters. The molecule has 1 N–H and O–H groups in total. The second-order valence-corrected chi connectivity index (χ2v) is 7.27. The Kier molecular flexibility index (Phi) is 7.00. The second-order valence-electron chi connectivity index (χ2n) is 7.27. The summed E-state index contributed by atoms with van der Waals surface area (Å²) in [7, 11) is 4.01. The van der Waals surface area contributed by atoms with Gasteiger partial charge < -0.3 is 14.7 Å². The number of ether oxygens (including phenoxy) is 1. The molecule has 1 aromatic carbocycles. The lowest BCUT2D eigenvalue weighted by molar-refractivity contribution is -0.142. The maximum Gasteiger partial charge on any atom is 0.290 e. The van der Waals surface area contributed by atoms with Crippen molar-refractivity contribution >= 4 is 12.4 Å². The summed E-state index contributed by atoms with van der Waals surface area (Å²) in [5.41, 5.74) is 4.76. The maximum atomic E-state index is 13.0. The summed E-state index contributed by atoms with van der Waals surface area (Å²) in [5, 5.41) is 11.6. The molecule has 8 heteroatoms. The smallest absolute Gasteiger partial charge is 0.290 e. The number of likely N-dealkylation sites (N-methyl/N-ethyl adjacent to an activating group) is 1. The van der Waals surface area contributed by atoms with Crippen molar-refractivity contribution in [2.24, 2.45) is 7.05 Å². The van der Waals surface area contributed by atoms with Crippen LogP contribution >= 0.6 is 0 Å². The maximum absolute atomic E-state index is 13.0. The molecule has 0 aliphatic carbocycles. The van der Waals surface area contributed by atoms with Crippen LogP contribution in [0.1, 0.15) is 11.3 Å². The van der Waals surface area contributed by atoms with Gasteiger partial charge in [-0.25, -0.2) is 0 Å². The molecular weight excluding hydrogens is 372 g/mol. The minimum Gasteiger partial charge on any atom is -0.483 e. The molecule has 0 radical (unpaired) electrons. The van der Waals surface area contributed by atoms with Crippen LogP contribution in [0.5, 0.6) is 0 Å². The van der Waals surface area contributed by atoms with Crippen molar-refractivity contribution in [3.63, 3.8) is 0 Å². The Hall–Kier alpha value is -2.71. The monoisotopic (exact) mass is 400 g/mol. The molecule has 2 aliphatic heterocycles. The van der Waals surface area contributed by atoms with Crippen molar-refractivity contribution < 1.29 is 19.4 Å². The third-order valence-electron chi connectivity index (χ3n) is 5.52. The minimum atomic E-state index is -0.250. The van der Waals surface area contributed by atoms with Gasteiger partial charge in [0.05, 0.1) is 24.6 Å². The van der Waals surface area contributed by atoms with E-state index in [2.05, 4.69) is 29.2 Å². The SMILES string of the molecule is CN1CCOC[C@@H]1C(=O)N1CCc2nn(C)c(-c3ccccc3)c2CC1.O=CO. The lowest BCUT2D eigenvalue weighted by Gasteiger charge is -2.34. The number of rotatable bonds is 2. The largest absolute Gasteiger partial charge is 0.483 e. The van der Waals surface area contributed by atoms with E-state index >= 15 is 0 Å². The third-order valence-corrected chi connectivity index (χ3v) is 5.52. The van der Waals surface area contributed by atoms with Gasteiger partial charge in [-0.1, -0.05) is 30.3 Å². The highest BCUT2D eigenvalue weighted by molar-refractivity contribution is 5.82. The van der Waals surface area contributed by atoms with E-state index in [1.54, 1.807) is 0 Å². The summed E-state index contributed by atoms with van der Waals surface area (Å²) < 4.78 is 7.52. The lowest BCUT2D eigenvalue weighted by Crippen LogP contribution is -2.53. The molecule has 1 aromatic heterocycles. The fourth-order valence-corrected chi connectivity index (χ4v) is 4.02. The highest BCUT2D eigenvalue weighted by Crippen LogP contribution is 2.28. The van der Waals surface area contributed by atoms with Crippen LogP contribution in [0.15, 0.2) is 30.3 Å². The number of aryl methyl sites for hydroxylation is 1. The Morgan fingerprint density at radius 3 is 2.55 bits per heavy atom. The molecule has 2 aromatic rings. The van der Waals surface area contributed by atoms with Crippen molar-refractivity contribution in [2.45, 2.75) is 18.9 Å². The van der Waals surface area contributed by atoms with Crippen LogP contribution in [0.2, 0.25) is 0 Å². The molecule has 1 amide bonds. The first-order valence-electron chi connectivity index (χ1n) is 9.81. The zero-order valence-corrected chi connectivity index (χ0v) is 17.0. The predicted octanol–water partition coefficient (Wildman–Crippen LogP) is 1.05. The van der Waals surface area contributed by atoms with E-state index in [-0.39, 0.29) is 18.4 Å². The zero-order chi connectivity index (χ0) is 20.8. The Labute approximate surface area is 170 Å². The van der Waals surface area contributed by atoms with Crippen molar-refractivity contribution in [3.8, 4) is 11.3 Å². The number of fused-ring (bicyclic) bond motifs is 1. The van der Waals surface area contributed by atoms with E-state index in [0.717, 1.165) is 38.2 Å². The standard InChI is InChI=1S/C20H26N4O2.CH2O2/c1-22-12-13-26-14-18(22)20(25)24-10-8-16-17(9-11-24)21-23(2)19(16)15-6-4-3-5-7-15;2-1-3/h3-7,18H,8-14H2,1-2H3;1H,(H,2,3)/t18-;/m1./s1. The van der Waals surface area contributed by atoms with Crippen LogP contribution in [0, 0.1) is 0 Å². The molecule has 8 nitrogen and oxygen atoms in total. The third kappa shape index (κ3) is 4.65. The van der Waals surface area contributed by atoms with E-state index in [1.165, 1.54) is 16.8 Å². The highest BCUT2D eigenvalue weighted by Gasteiger charge is 2.32. The average Bonchev–Trinajstić information content (AvgIpc) is 2.90. The quantitative estimate of drug-likeness (QED) is 0.758. The lowest BCUT2D eigenvalue weighted by atomic mass is 10.0. The van der Waals surface area contributed by atoms with Gasteiger partial charge in [-0.3, -0.25) is 19.2 Å².